The number of anilines is 2. The SMILES string of the molecule is C=CCN(CC)c1ccc(C(C)=N/C=C\C)cc1N.C=CNN1Cc2ccccc2C1.CC.CCNCCNC. The number of nitrogens with one attached hydrogen (secondary N) is 3. The smallest absolute Gasteiger partial charge is 0.0603 e. The van der Waals surface area contributed by atoms with Crippen LogP contribution in [0.1, 0.15) is 58.2 Å². The lowest BCUT2D eigenvalue weighted by Crippen LogP contribution is -2.27. The third kappa shape index (κ3) is 14.1. The van der Waals surface area contributed by atoms with Crippen LogP contribution in [0.5, 0.6) is 0 Å². The van der Waals surface area contributed by atoms with Gasteiger partial charge >= 0.3 is 0 Å². The summed E-state index contributed by atoms with van der Waals surface area (Å²) in [5, 5.41) is 8.36. The van der Waals surface area contributed by atoms with E-state index in [4.69, 9.17) is 5.73 Å². The maximum Gasteiger partial charge on any atom is 0.0603 e. The van der Waals surface area contributed by atoms with Crippen LogP contribution in [-0.2, 0) is 13.1 Å². The van der Waals surface area contributed by atoms with Crippen molar-refractivity contribution in [3.8, 4) is 0 Å². The van der Waals surface area contributed by atoms with Crippen LogP contribution in [0.4, 0.5) is 11.4 Å². The lowest BCUT2D eigenvalue weighted by atomic mass is 10.1. The number of hydrogen-bond acceptors (Lipinski definition) is 7. The molecule has 1 aliphatic rings. The molecule has 0 saturated heterocycles. The van der Waals surface area contributed by atoms with Crippen molar-refractivity contribution in [1.82, 2.24) is 21.1 Å². The van der Waals surface area contributed by atoms with Crippen LogP contribution in [0, 0.1) is 0 Å². The number of benzene rings is 2. The van der Waals surface area contributed by atoms with Crippen LogP contribution in [0.2, 0.25) is 0 Å². The van der Waals surface area contributed by atoms with Gasteiger partial charge < -0.3 is 26.7 Å². The molecule has 2 aromatic carbocycles. The van der Waals surface area contributed by atoms with Crippen LogP contribution in [0.15, 0.2) is 85.2 Å². The number of likely N-dealkylation sites (N-methyl/N-ethyl adjacent to an activating group) is 3. The van der Waals surface area contributed by atoms with Crippen molar-refractivity contribution < 1.29 is 0 Å². The molecule has 0 amide bonds. The summed E-state index contributed by atoms with van der Waals surface area (Å²) in [6.07, 6.45) is 7.29. The normalized spacial score (nSPS) is 12.1. The molecule has 5 N–H and O–H groups in total. The molecule has 2 aromatic rings. The maximum absolute atomic E-state index is 6.15. The summed E-state index contributed by atoms with van der Waals surface area (Å²) < 4.78 is 0. The fourth-order valence-corrected chi connectivity index (χ4v) is 3.83. The Balaban J connectivity index is 0.000000615. The maximum atomic E-state index is 6.15. The lowest BCUT2D eigenvalue weighted by Gasteiger charge is -2.23. The molecule has 0 saturated carbocycles. The number of allylic oxidation sites excluding steroid dienone is 1. The van der Waals surface area contributed by atoms with Gasteiger partial charge in [0.15, 0.2) is 0 Å². The van der Waals surface area contributed by atoms with Crippen molar-refractivity contribution >= 4 is 17.1 Å². The Hall–Kier alpha value is -3.39. The molecule has 7 heteroatoms. The van der Waals surface area contributed by atoms with Gasteiger partial charge in [-0.2, -0.15) is 0 Å². The van der Waals surface area contributed by atoms with E-state index in [1.165, 1.54) is 11.1 Å². The standard InChI is InChI=1S/C16H23N3.C10H12N2.C5H14N2.C2H6/c1-5-10-18-13(4)14-8-9-16(15(17)12-14)19(7-3)11-6-2;1-2-11-12-7-9-5-3-4-6-10(9)8-12;1-3-7-5-4-6-2;1-2/h5-6,8-10,12H,2,7,11,17H2,1,3-4H3;2-6,11H,1,7-8H2;6-7H,3-5H2,1-2H3;1-2H3/b10-5-,18-13?;;;. The molecule has 0 spiro atoms. The monoisotopic (exact) mass is 549 g/mol. The molecule has 7 nitrogen and oxygen atoms in total. The van der Waals surface area contributed by atoms with Crippen LogP contribution >= 0.6 is 0 Å². The number of hydrazine groups is 1. The van der Waals surface area contributed by atoms with E-state index in [-0.39, 0.29) is 0 Å². The molecule has 0 fully saturated rings. The molecule has 1 aliphatic heterocycles. The highest BCUT2D eigenvalue weighted by Crippen LogP contribution is 2.24. The summed E-state index contributed by atoms with van der Waals surface area (Å²) in [7, 11) is 1.96. The number of rotatable bonds is 12. The van der Waals surface area contributed by atoms with Gasteiger partial charge in [0.25, 0.3) is 0 Å². The number of fused-ring (bicyclic) bond motifs is 1. The number of nitrogens with zero attached hydrogens (tertiary/aromatic N) is 3. The molecule has 0 bridgehead atoms. The van der Waals surface area contributed by atoms with E-state index >= 15 is 0 Å². The molecule has 1 heterocycles. The predicted molar refractivity (Wildman–Crippen MR) is 179 cm³/mol. The molecule has 0 unspecified atom stereocenters. The number of nitrogen functional groups attached to an aromatic ring is 1. The van der Waals surface area contributed by atoms with E-state index in [0.717, 1.165) is 68.5 Å². The van der Waals surface area contributed by atoms with Crippen LogP contribution in [-0.4, -0.2) is 50.5 Å². The van der Waals surface area contributed by atoms with Gasteiger partial charge in [0.1, 0.15) is 0 Å². The molecule has 40 heavy (non-hydrogen) atoms. The third-order valence-corrected chi connectivity index (χ3v) is 5.85. The number of nitrogens with two attached hydrogens (primary N) is 1. The molecular weight excluding hydrogens is 494 g/mol. The Labute approximate surface area is 244 Å². The lowest BCUT2D eigenvalue weighted by molar-refractivity contribution is 0.227. The fourth-order valence-electron chi connectivity index (χ4n) is 3.83. The Morgan fingerprint density at radius 2 is 1.73 bits per heavy atom. The summed E-state index contributed by atoms with van der Waals surface area (Å²) >= 11 is 0. The average molecular weight is 550 g/mol. The molecule has 222 valence electrons. The zero-order valence-electron chi connectivity index (χ0n) is 26.1. The minimum atomic E-state index is 0.774. The van der Waals surface area contributed by atoms with E-state index in [0.29, 0.717) is 0 Å². The van der Waals surface area contributed by atoms with Gasteiger partial charge in [-0.15, -0.1) is 6.58 Å². The van der Waals surface area contributed by atoms with E-state index in [2.05, 4.69) is 88.3 Å². The Morgan fingerprint density at radius 1 is 1.07 bits per heavy atom. The first-order chi connectivity index (χ1) is 19.4. The summed E-state index contributed by atoms with van der Waals surface area (Å²) in [6.45, 7) is 26.4. The van der Waals surface area contributed by atoms with Crippen molar-refractivity contribution in [3.63, 3.8) is 0 Å². The first-order valence-corrected chi connectivity index (χ1v) is 14.4. The third-order valence-electron chi connectivity index (χ3n) is 5.85. The van der Waals surface area contributed by atoms with Gasteiger partial charge in [-0.25, -0.2) is 5.01 Å². The molecular formula is C33H55N7. The van der Waals surface area contributed by atoms with Gasteiger partial charge in [0.05, 0.1) is 11.4 Å². The van der Waals surface area contributed by atoms with Gasteiger partial charge in [0, 0.05) is 57.4 Å². The van der Waals surface area contributed by atoms with E-state index in [9.17, 15) is 0 Å². The van der Waals surface area contributed by atoms with Gasteiger partial charge in [-0.1, -0.05) is 69.8 Å². The first kappa shape index (κ1) is 36.6. The number of aliphatic imine (C=N–C) groups is 1. The molecule has 0 aliphatic carbocycles. The zero-order valence-corrected chi connectivity index (χ0v) is 26.1. The Morgan fingerprint density at radius 3 is 2.20 bits per heavy atom. The largest absolute Gasteiger partial charge is 0.397 e. The predicted octanol–water partition coefficient (Wildman–Crippen LogP) is 6.12. The van der Waals surface area contributed by atoms with Crippen LogP contribution in [0.3, 0.4) is 0 Å². The molecule has 3 rings (SSSR count). The van der Waals surface area contributed by atoms with Gasteiger partial charge in [-0.3, -0.25) is 4.99 Å². The highest BCUT2D eigenvalue weighted by Gasteiger charge is 2.16. The van der Waals surface area contributed by atoms with E-state index in [1.54, 1.807) is 12.4 Å². The topological polar surface area (TPSA) is 81.0 Å². The molecule has 0 aromatic heterocycles. The van der Waals surface area contributed by atoms with Crippen molar-refractivity contribution in [2.75, 3.05) is 50.4 Å². The van der Waals surface area contributed by atoms with Crippen molar-refractivity contribution in [1.29, 1.82) is 0 Å². The molecule has 0 atom stereocenters. The van der Waals surface area contributed by atoms with Crippen molar-refractivity contribution in [3.05, 3.63) is 96.9 Å². The minimum Gasteiger partial charge on any atom is -0.397 e. The highest BCUT2D eigenvalue weighted by molar-refractivity contribution is 6.00. The average Bonchev–Trinajstić information content (AvgIpc) is 3.39. The second-order valence-electron chi connectivity index (χ2n) is 8.71. The Bertz CT molecular complexity index is 985. The van der Waals surface area contributed by atoms with Crippen LogP contribution < -0.4 is 26.7 Å². The summed E-state index contributed by atoms with van der Waals surface area (Å²) in [6, 6.07) is 14.6. The van der Waals surface area contributed by atoms with Crippen molar-refractivity contribution in [2.45, 2.75) is 54.6 Å². The fraction of sp³-hybridized carbons (Fsp3) is 0.424. The first-order valence-electron chi connectivity index (χ1n) is 14.4. The van der Waals surface area contributed by atoms with Crippen molar-refractivity contribution in [2.24, 2.45) is 4.99 Å². The summed E-state index contributed by atoms with van der Waals surface area (Å²) in [4.78, 5) is 6.52. The summed E-state index contributed by atoms with van der Waals surface area (Å²) in [5.41, 5.74) is 15.9. The highest BCUT2D eigenvalue weighted by atomic mass is 15.5. The summed E-state index contributed by atoms with van der Waals surface area (Å²) in [5.74, 6) is 0. The van der Waals surface area contributed by atoms with E-state index < -0.39 is 0 Å². The Kier molecular flexibility index (Phi) is 21.5. The minimum absolute atomic E-state index is 0.774. The van der Waals surface area contributed by atoms with Crippen LogP contribution in [0.25, 0.3) is 0 Å². The zero-order chi connectivity index (χ0) is 30.2. The van der Waals surface area contributed by atoms with Gasteiger partial charge in [0.2, 0.25) is 0 Å². The molecule has 0 radical (unpaired) electrons. The second kappa shape index (κ2) is 23.5. The van der Waals surface area contributed by atoms with E-state index in [1.807, 2.05) is 59.0 Å². The second-order valence-corrected chi connectivity index (χ2v) is 8.71. The quantitative estimate of drug-likeness (QED) is 0.111. The number of hydrogen-bond donors (Lipinski definition) is 4. The van der Waals surface area contributed by atoms with Gasteiger partial charge in [-0.05, 0) is 63.2 Å².